The molecule has 0 aliphatic heterocycles. The molecule has 0 aromatic rings. The van der Waals surface area contributed by atoms with Crippen molar-refractivity contribution in [3.05, 3.63) is 0 Å². The Kier molecular flexibility index (Phi) is 8.93. The second-order valence-corrected chi connectivity index (χ2v) is 5.79. The molecule has 3 amide bonds. The summed E-state index contributed by atoms with van der Waals surface area (Å²) in [6.07, 6.45) is -1.21. The summed E-state index contributed by atoms with van der Waals surface area (Å²) < 4.78 is 0. The highest BCUT2D eigenvalue weighted by Crippen LogP contribution is 2.02. The number of carboxylic acid groups (broad SMARTS) is 1. The van der Waals surface area contributed by atoms with E-state index in [1.54, 1.807) is 13.8 Å². The highest BCUT2D eigenvalue weighted by Gasteiger charge is 2.30. The molecule has 24 heavy (non-hydrogen) atoms. The number of amides is 3. The van der Waals surface area contributed by atoms with Crippen LogP contribution in [0, 0.1) is 5.92 Å². The van der Waals surface area contributed by atoms with E-state index < -0.39 is 47.9 Å². The number of aliphatic hydroxyl groups is 1. The first-order chi connectivity index (χ1) is 11.0. The molecule has 0 rings (SSSR count). The SMILES string of the molecule is CC(NC(=O)C(NC(=O)CN)C(C)O)C(=O)NC(C(=O)O)C(C)C. The summed E-state index contributed by atoms with van der Waals surface area (Å²) in [5, 5.41) is 25.5. The van der Waals surface area contributed by atoms with Crippen LogP contribution in [0.1, 0.15) is 27.7 Å². The molecule has 0 aromatic heterocycles. The Balaban J connectivity index is 4.84. The molecule has 4 atom stereocenters. The number of hydrogen-bond donors (Lipinski definition) is 6. The summed E-state index contributed by atoms with van der Waals surface area (Å²) in [6, 6.07) is -3.44. The third-order valence-electron chi connectivity index (χ3n) is 3.25. The Morgan fingerprint density at radius 1 is 0.917 bits per heavy atom. The third kappa shape index (κ3) is 6.92. The molecule has 0 fully saturated rings. The van der Waals surface area contributed by atoms with E-state index in [4.69, 9.17) is 10.8 Å². The molecule has 0 saturated carbocycles. The molecule has 10 heteroatoms. The minimum Gasteiger partial charge on any atom is -0.480 e. The van der Waals surface area contributed by atoms with Gasteiger partial charge in [0.05, 0.1) is 12.6 Å². The Hall–Kier alpha value is -2.20. The van der Waals surface area contributed by atoms with Crippen molar-refractivity contribution in [3.8, 4) is 0 Å². The predicted molar refractivity (Wildman–Crippen MR) is 84.7 cm³/mol. The van der Waals surface area contributed by atoms with E-state index in [1.807, 2.05) is 0 Å². The molecule has 0 bridgehead atoms. The highest BCUT2D eigenvalue weighted by molar-refractivity contribution is 5.93. The zero-order valence-electron chi connectivity index (χ0n) is 14.2. The smallest absolute Gasteiger partial charge is 0.326 e. The lowest BCUT2D eigenvalue weighted by Gasteiger charge is -2.24. The van der Waals surface area contributed by atoms with E-state index in [0.717, 1.165) is 0 Å². The maximum Gasteiger partial charge on any atom is 0.326 e. The molecule has 0 aromatic carbocycles. The van der Waals surface area contributed by atoms with Crippen LogP contribution in [0.2, 0.25) is 0 Å². The maximum absolute atomic E-state index is 12.1. The van der Waals surface area contributed by atoms with Crippen molar-refractivity contribution < 1.29 is 29.4 Å². The van der Waals surface area contributed by atoms with Crippen LogP contribution < -0.4 is 21.7 Å². The molecule has 0 spiro atoms. The molecular formula is C14H26N4O6. The molecule has 4 unspecified atom stereocenters. The molecule has 0 radical (unpaired) electrons. The maximum atomic E-state index is 12.1. The van der Waals surface area contributed by atoms with Crippen molar-refractivity contribution in [1.29, 1.82) is 0 Å². The highest BCUT2D eigenvalue weighted by atomic mass is 16.4. The number of hydrogen-bond acceptors (Lipinski definition) is 6. The van der Waals surface area contributed by atoms with E-state index in [-0.39, 0.29) is 12.5 Å². The monoisotopic (exact) mass is 346 g/mol. The molecule has 0 aliphatic carbocycles. The van der Waals surface area contributed by atoms with Gasteiger partial charge < -0.3 is 31.9 Å². The zero-order chi connectivity index (χ0) is 19.0. The topological polar surface area (TPSA) is 171 Å². The number of carboxylic acids is 1. The minimum absolute atomic E-state index is 0.344. The van der Waals surface area contributed by atoms with Crippen LogP contribution in [0.4, 0.5) is 0 Å². The van der Waals surface area contributed by atoms with E-state index in [2.05, 4.69) is 16.0 Å². The molecule has 0 saturated heterocycles. The first-order valence-electron chi connectivity index (χ1n) is 7.52. The van der Waals surface area contributed by atoms with E-state index in [9.17, 15) is 24.3 Å². The summed E-state index contributed by atoms with van der Waals surface area (Å²) in [5.74, 6) is -3.65. The van der Waals surface area contributed by atoms with Gasteiger partial charge in [0.15, 0.2) is 0 Å². The van der Waals surface area contributed by atoms with Crippen LogP contribution >= 0.6 is 0 Å². The van der Waals surface area contributed by atoms with Crippen LogP contribution in [0.3, 0.4) is 0 Å². The van der Waals surface area contributed by atoms with E-state index >= 15 is 0 Å². The summed E-state index contributed by atoms with van der Waals surface area (Å²) in [5.41, 5.74) is 5.14. The second-order valence-electron chi connectivity index (χ2n) is 5.79. The van der Waals surface area contributed by atoms with Crippen LogP contribution in [-0.2, 0) is 19.2 Å². The number of aliphatic hydroxyl groups excluding tert-OH is 1. The minimum atomic E-state index is -1.28. The number of nitrogens with two attached hydrogens (primary N) is 1. The van der Waals surface area contributed by atoms with Gasteiger partial charge in [-0.2, -0.15) is 0 Å². The zero-order valence-corrected chi connectivity index (χ0v) is 14.2. The number of carbonyl (C=O) groups excluding carboxylic acids is 3. The summed E-state index contributed by atoms with van der Waals surface area (Å²) >= 11 is 0. The number of rotatable bonds is 9. The van der Waals surface area contributed by atoms with E-state index in [0.29, 0.717) is 0 Å². The van der Waals surface area contributed by atoms with Crippen LogP contribution in [0.25, 0.3) is 0 Å². The Morgan fingerprint density at radius 2 is 1.46 bits per heavy atom. The number of aliphatic carboxylic acids is 1. The van der Waals surface area contributed by atoms with Crippen LogP contribution in [0.15, 0.2) is 0 Å². The van der Waals surface area contributed by atoms with Gasteiger partial charge in [0.1, 0.15) is 18.1 Å². The second kappa shape index (κ2) is 9.83. The molecular weight excluding hydrogens is 320 g/mol. The van der Waals surface area contributed by atoms with Gasteiger partial charge in [0.2, 0.25) is 17.7 Å². The standard InChI is InChI=1S/C14H26N4O6/c1-6(2)10(14(23)24)18-12(21)7(3)16-13(22)11(8(4)19)17-9(20)5-15/h6-8,10-11,19H,5,15H2,1-4H3,(H,16,22)(H,17,20)(H,18,21)(H,23,24). The fourth-order valence-corrected chi connectivity index (χ4v) is 1.80. The van der Waals surface area contributed by atoms with E-state index in [1.165, 1.54) is 13.8 Å². The summed E-state index contributed by atoms with van der Waals surface area (Å²) in [4.78, 5) is 46.4. The number of carbonyl (C=O) groups is 4. The van der Waals surface area contributed by atoms with Gasteiger partial charge in [-0.05, 0) is 19.8 Å². The lowest BCUT2D eigenvalue weighted by Crippen LogP contribution is -2.58. The van der Waals surface area contributed by atoms with Gasteiger partial charge in [0.25, 0.3) is 0 Å². The molecule has 7 N–H and O–H groups in total. The van der Waals surface area contributed by atoms with Crippen molar-refractivity contribution >= 4 is 23.7 Å². The predicted octanol–water partition coefficient (Wildman–Crippen LogP) is -2.46. The average molecular weight is 346 g/mol. The van der Waals surface area contributed by atoms with Gasteiger partial charge in [-0.3, -0.25) is 14.4 Å². The lowest BCUT2D eigenvalue weighted by atomic mass is 10.0. The lowest BCUT2D eigenvalue weighted by molar-refractivity contribution is -0.143. The van der Waals surface area contributed by atoms with Crippen molar-refractivity contribution in [2.75, 3.05) is 6.54 Å². The Bertz CT molecular complexity index is 480. The quantitative estimate of drug-likeness (QED) is 0.269. The van der Waals surface area contributed by atoms with Gasteiger partial charge in [-0.15, -0.1) is 0 Å². The summed E-state index contributed by atoms with van der Waals surface area (Å²) in [6.45, 7) is 5.56. The van der Waals surface area contributed by atoms with Gasteiger partial charge in [-0.1, -0.05) is 13.8 Å². The average Bonchev–Trinajstić information content (AvgIpc) is 2.48. The fourth-order valence-electron chi connectivity index (χ4n) is 1.80. The summed E-state index contributed by atoms with van der Waals surface area (Å²) in [7, 11) is 0. The Morgan fingerprint density at radius 3 is 1.83 bits per heavy atom. The molecule has 0 aliphatic rings. The fraction of sp³-hybridized carbons (Fsp3) is 0.714. The van der Waals surface area contributed by atoms with Gasteiger partial charge in [-0.25, -0.2) is 4.79 Å². The third-order valence-corrected chi connectivity index (χ3v) is 3.25. The molecule has 0 heterocycles. The number of nitrogens with one attached hydrogen (secondary N) is 3. The van der Waals surface area contributed by atoms with Crippen LogP contribution in [0.5, 0.6) is 0 Å². The first kappa shape index (κ1) is 21.8. The van der Waals surface area contributed by atoms with Gasteiger partial charge >= 0.3 is 5.97 Å². The van der Waals surface area contributed by atoms with Crippen molar-refractivity contribution in [2.24, 2.45) is 11.7 Å². The van der Waals surface area contributed by atoms with Crippen molar-refractivity contribution in [2.45, 2.75) is 51.9 Å². The first-order valence-corrected chi connectivity index (χ1v) is 7.52. The van der Waals surface area contributed by atoms with Crippen molar-refractivity contribution in [1.82, 2.24) is 16.0 Å². The van der Waals surface area contributed by atoms with Gasteiger partial charge in [0, 0.05) is 0 Å². The van der Waals surface area contributed by atoms with Crippen LogP contribution in [-0.4, -0.2) is 64.7 Å². The normalized spacial score (nSPS) is 15.8. The largest absolute Gasteiger partial charge is 0.480 e. The molecule has 138 valence electrons. The van der Waals surface area contributed by atoms with Crippen molar-refractivity contribution in [3.63, 3.8) is 0 Å². The molecule has 10 nitrogen and oxygen atoms in total. The Labute approximate surface area is 140 Å².